The van der Waals surface area contributed by atoms with Crippen molar-refractivity contribution in [3.05, 3.63) is 90.0 Å². The number of anilines is 2. The second-order valence-corrected chi connectivity index (χ2v) is 5.68. The van der Waals surface area contributed by atoms with Crippen LogP contribution in [0.25, 0.3) is 0 Å². The van der Waals surface area contributed by atoms with Gasteiger partial charge in [-0.05, 0) is 29.8 Å². The Balaban J connectivity index is 1.74. The van der Waals surface area contributed by atoms with E-state index in [1.165, 1.54) is 12.3 Å². The first-order valence-corrected chi connectivity index (χ1v) is 7.90. The van der Waals surface area contributed by atoms with Gasteiger partial charge in [0, 0.05) is 25.5 Å². The maximum absolute atomic E-state index is 13.8. The van der Waals surface area contributed by atoms with Gasteiger partial charge in [-0.1, -0.05) is 42.5 Å². The minimum absolute atomic E-state index is 0.193. The molecule has 0 spiro atoms. The van der Waals surface area contributed by atoms with E-state index >= 15 is 0 Å². The average Bonchev–Trinajstić information content (AvgIpc) is 2.64. The van der Waals surface area contributed by atoms with E-state index in [4.69, 9.17) is 0 Å². The Morgan fingerprint density at radius 3 is 2.56 bits per heavy atom. The standard InChI is InChI=1S/C20H18FN3O/c1-24(14-15-7-3-2-4-8-15)20(25)19-13-16(11-12-22-19)23-18-10-6-5-9-17(18)21/h2-13H,14H2,1H3,(H,22,23). The molecule has 0 radical (unpaired) electrons. The highest BCUT2D eigenvalue weighted by Gasteiger charge is 2.14. The molecule has 126 valence electrons. The Morgan fingerprint density at radius 2 is 1.80 bits per heavy atom. The van der Waals surface area contributed by atoms with Crippen molar-refractivity contribution < 1.29 is 9.18 Å². The third-order valence-electron chi connectivity index (χ3n) is 3.74. The van der Waals surface area contributed by atoms with E-state index in [9.17, 15) is 9.18 Å². The number of amides is 1. The molecule has 3 rings (SSSR count). The van der Waals surface area contributed by atoms with Crippen molar-refractivity contribution in [2.45, 2.75) is 6.54 Å². The average molecular weight is 335 g/mol. The van der Waals surface area contributed by atoms with Crippen molar-refractivity contribution in [1.29, 1.82) is 0 Å². The molecule has 4 nitrogen and oxygen atoms in total. The van der Waals surface area contributed by atoms with E-state index in [1.54, 1.807) is 42.3 Å². The summed E-state index contributed by atoms with van der Waals surface area (Å²) < 4.78 is 13.8. The Kier molecular flexibility index (Phi) is 5.04. The van der Waals surface area contributed by atoms with Crippen molar-refractivity contribution in [2.75, 3.05) is 12.4 Å². The number of nitrogens with zero attached hydrogens (tertiary/aromatic N) is 2. The Hall–Kier alpha value is -3.21. The quantitative estimate of drug-likeness (QED) is 0.759. The SMILES string of the molecule is CN(Cc1ccccc1)C(=O)c1cc(Nc2ccccc2F)ccn1. The fraction of sp³-hybridized carbons (Fsp3) is 0.100. The number of rotatable bonds is 5. The summed E-state index contributed by atoms with van der Waals surface area (Å²) in [5.41, 5.74) is 2.31. The molecular formula is C20H18FN3O. The Morgan fingerprint density at radius 1 is 1.08 bits per heavy atom. The number of carbonyl (C=O) groups excluding carboxylic acids is 1. The summed E-state index contributed by atoms with van der Waals surface area (Å²) in [6, 6.07) is 19.4. The van der Waals surface area contributed by atoms with Gasteiger partial charge in [0.2, 0.25) is 0 Å². The van der Waals surface area contributed by atoms with Gasteiger partial charge >= 0.3 is 0 Å². The summed E-state index contributed by atoms with van der Waals surface area (Å²) in [7, 11) is 1.73. The van der Waals surface area contributed by atoms with Gasteiger partial charge in [-0.15, -0.1) is 0 Å². The highest BCUT2D eigenvalue weighted by Crippen LogP contribution is 2.20. The molecular weight excluding hydrogens is 317 g/mol. The molecule has 25 heavy (non-hydrogen) atoms. The van der Waals surface area contributed by atoms with Crippen molar-refractivity contribution in [1.82, 2.24) is 9.88 Å². The van der Waals surface area contributed by atoms with Gasteiger partial charge in [0.25, 0.3) is 5.91 Å². The molecule has 3 aromatic rings. The normalized spacial score (nSPS) is 10.3. The van der Waals surface area contributed by atoms with Gasteiger partial charge in [0.15, 0.2) is 0 Å². The summed E-state index contributed by atoms with van der Waals surface area (Å²) in [6.45, 7) is 0.492. The number of aromatic nitrogens is 1. The van der Waals surface area contributed by atoms with Crippen molar-refractivity contribution >= 4 is 17.3 Å². The predicted molar refractivity (Wildman–Crippen MR) is 96.2 cm³/mol. The van der Waals surface area contributed by atoms with Gasteiger partial charge in [0.1, 0.15) is 11.5 Å². The number of pyridine rings is 1. The second kappa shape index (κ2) is 7.57. The summed E-state index contributed by atoms with van der Waals surface area (Å²) in [5, 5.41) is 2.97. The summed E-state index contributed by atoms with van der Waals surface area (Å²) in [6.07, 6.45) is 1.53. The molecule has 0 saturated carbocycles. The van der Waals surface area contributed by atoms with Crippen LogP contribution in [0.15, 0.2) is 72.9 Å². The molecule has 0 fully saturated rings. The zero-order valence-corrected chi connectivity index (χ0v) is 13.8. The van der Waals surface area contributed by atoms with E-state index in [1.807, 2.05) is 30.3 Å². The molecule has 1 amide bonds. The lowest BCUT2D eigenvalue weighted by atomic mass is 10.2. The molecule has 0 aliphatic rings. The molecule has 0 atom stereocenters. The highest BCUT2D eigenvalue weighted by atomic mass is 19.1. The zero-order chi connectivity index (χ0) is 17.6. The first kappa shape index (κ1) is 16.6. The Bertz CT molecular complexity index is 868. The third kappa shape index (κ3) is 4.20. The predicted octanol–water partition coefficient (Wildman–Crippen LogP) is 4.24. The topological polar surface area (TPSA) is 45.2 Å². The second-order valence-electron chi connectivity index (χ2n) is 5.68. The van der Waals surface area contributed by atoms with Crippen LogP contribution >= 0.6 is 0 Å². The number of hydrogen-bond donors (Lipinski definition) is 1. The number of benzene rings is 2. The van der Waals surface area contributed by atoms with Crippen LogP contribution in [0.1, 0.15) is 16.1 Å². The lowest BCUT2D eigenvalue weighted by Crippen LogP contribution is -2.27. The monoisotopic (exact) mass is 335 g/mol. The maximum atomic E-state index is 13.8. The van der Waals surface area contributed by atoms with E-state index in [0.717, 1.165) is 5.56 Å². The lowest BCUT2D eigenvalue weighted by molar-refractivity contribution is 0.0779. The zero-order valence-electron chi connectivity index (χ0n) is 13.8. The number of nitrogens with one attached hydrogen (secondary N) is 1. The van der Waals surface area contributed by atoms with Crippen molar-refractivity contribution in [2.24, 2.45) is 0 Å². The number of para-hydroxylation sites is 1. The largest absolute Gasteiger partial charge is 0.353 e. The van der Waals surface area contributed by atoms with Gasteiger partial charge in [-0.2, -0.15) is 0 Å². The molecule has 0 aliphatic heterocycles. The van der Waals surface area contributed by atoms with E-state index in [0.29, 0.717) is 23.6 Å². The van der Waals surface area contributed by atoms with Crippen LogP contribution in [-0.2, 0) is 6.54 Å². The van der Waals surface area contributed by atoms with Gasteiger partial charge in [0.05, 0.1) is 5.69 Å². The third-order valence-corrected chi connectivity index (χ3v) is 3.74. The van der Waals surface area contributed by atoms with E-state index in [-0.39, 0.29) is 11.7 Å². The summed E-state index contributed by atoms with van der Waals surface area (Å²) in [5.74, 6) is -0.547. The molecule has 1 N–H and O–H groups in total. The van der Waals surface area contributed by atoms with Gasteiger partial charge in [-0.25, -0.2) is 4.39 Å². The molecule has 0 aliphatic carbocycles. The van der Waals surface area contributed by atoms with Crippen LogP contribution in [0.4, 0.5) is 15.8 Å². The highest BCUT2D eigenvalue weighted by molar-refractivity contribution is 5.93. The Labute approximate surface area is 145 Å². The van der Waals surface area contributed by atoms with Crippen LogP contribution in [0.3, 0.4) is 0 Å². The van der Waals surface area contributed by atoms with Crippen molar-refractivity contribution in [3.63, 3.8) is 0 Å². The molecule has 1 heterocycles. The van der Waals surface area contributed by atoms with Crippen LogP contribution in [0, 0.1) is 5.82 Å². The van der Waals surface area contributed by atoms with Gasteiger partial charge < -0.3 is 10.2 Å². The van der Waals surface area contributed by atoms with Crippen LogP contribution < -0.4 is 5.32 Å². The minimum Gasteiger partial charge on any atom is -0.353 e. The fourth-order valence-corrected chi connectivity index (χ4v) is 2.47. The lowest BCUT2D eigenvalue weighted by Gasteiger charge is -2.17. The summed E-state index contributed by atoms with van der Waals surface area (Å²) in [4.78, 5) is 18.3. The van der Waals surface area contributed by atoms with E-state index in [2.05, 4.69) is 10.3 Å². The fourth-order valence-electron chi connectivity index (χ4n) is 2.47. The maximum Gasteiger partial charge on any atom is 0.272 e. The smallest absolute Gasteiger partial charge is 0.272 e. The van der Waals surface area contributed by atoms with Crippen LogP contribution in [0.2, 0.25) is 0 Å². The first-order valence-electron chi connectivity index (χ1n) is 7.90. The first-order chi connectivity index (χ1) is 12.1. The van der Waals surface area contributed by atoms with Crippen molar-refractivity contribution in [3.8, 4) is 0 Å². The van der Waals surface area contributed by atoms with Crippen LogP contribution in [0.5, 0.6) is 0 Å². The molecule has 1 aromatic heterocycles. The number of carbonyl (C=O) groups is 1. The number of halogens is 1. The molecule has 2 aromatic carbocycles. The molecule has 0 saturated heterocycles. The van der Waals surface area contributed by atoms with Crippen LogP contribution in [-0.4, -0.2) is 22.8 Å². The molecule has 0 unspecified atom stereocenters. The molecule has 5 heteroatoms. The number of hydrogen-bond acceptors (Lipinski definition) is 3. The van der Waals surface area contributed by atoms with Gasteiger partial charge in [-0.3, -0.25) is 9.78 Å². The molecule has 0 bridgehead atoms. The summed E-state index contributed by atoms with van der Waals surface area (Å²) >= 11 is 0. The van der Waals surface area contributed by atoms with E-state index < -0.39 is 0 Å². The minimum atomic E-state index is -0.353.